The Morgan fingerprint density at radius 2 is 2.40 bits per heavy atom. The largest absolute Gasteiger partial charge is 0.296 e. The number of nitrogens with two attached hydrogens (primary N) is 1. The Morgan fingerprint density at radius 3 is 2.80 bits per heavy atom. The number of halogens is 1. The first-order chi connectivity index (χ1) is 4.74. The lowest BCUT2D eigenvalue weighted by Crippen LogP contribution is -2.03. The third-order valence-corrected chi connectivity index (χ3v) is 2.98. The third kappa shape index (κ3) is 1.79. The van der Waals surface area contributed by atoms with Crippen molar-refractivity contribution >= 4 is 27.3 Å². The first kappa shape index (κ1) is 8.20. The minimum atomic E-state index is -0.00343. The molecule has 56 valence electrons. The van der Waals surface area contributed by atoms with Gasteiger partial charge in [0.25, 0.3) is 0 Å². The van der Waals surface area contributed by atoms with Crippen molar-refractivity contribution in [2.75, 3.05) is 0 Å². The zero-order chi connectivity index (χ0) is 7.56. The summed E-state index contributed by atoms with van der Waals surface area (Å²) < 4.78 is 1.10. The lowest BCUT2D eigenvalue weighted by molar-refractivity contribution is 0.0689. The second-order valence-corrected chi connectivity index (χ2v) is 4.41. The van der Waals surface area contributed by atoms with E-state index in [2.05, 4.69) is 20.8 Å². The van der Waals surface area contributed by atoms with E-state index in [0.29, 0.717) is 0 Å². The monoisotopic (exact) mass is 221 g/mol. The molecule has 0 saturated heterocycles. The first-order valence-corrected chi connectivity index (χ1v) is 4.45. The highest BCUT2D eigenvalue weighted by molar-refractivity contribution is 9.11. The lowest BCUT2D eigenvalue weighted by atomic mass is 10.3. The molecule has 1 heterocycles. The molecule has 0 fully saturated rings. The molecule has 2 nitrogen and oxygen atoms in total. The molecule has 0 aliphatic heterocycles. The van der Waals surface area contributed by atoms with Crippen molar-refractivity contribution in [1.29, 1.82) is 0 Å². The smallest absolute Gasteiger partial charge is 0.110 e. The molecule has 0 bridgehead atoms. The fraction of sp³-hybridized carbons (Fsp3) is 0.333. The minimum Gasteiger partial charge on any atom is -0.296 e. The predicted octanol–water partition coefficient (Wildman–Crippen LogP) is 2.46. The van der Waals surface area contributed by atoms with Gasteiger partial charge in [0.15, 0.2) is 0 Å². The summed E-state index contributed by atoms with van der Waals surface area (Å²) in [6.45, 7) is 1.91. The first-order valence-electron chi connectivity index (χ1n) is 2.85. The molecule has 0 aliphatic carbocycles. The van der Waals surface area contributed by atoms with E-state index in [1.807, 2.05) is 19.1 Å². The quantitative estimate of drug-likeness (QED) is 0.780. The molecule has 1 unspecified atom stereocenters. The predicted molar refractivity (Wildman–Crippen MR) is 45.7 cm³/mol. The maximum atomic E-state index is 5.00. The zero-order valence-corrected chi connectivity index (χ0v) is 7.91. The number of rotatable bonds is 2. The van der Waals surface area contributed by atoms with Crippen molar-refractivity contribution in [3.63, 3.8) is 0 Å². The Hall–Kier alpha value is 0.1000. The van der Waals surface area contributed by atoms with Crippen LogP contribution in [0.25, 0.3) is 0 Å². The van der Waals surface area contributed by atoms with Gasteiger partial charge in [0.1, 0.15) is 6.10 Å². The van der Waals surface area contributed by atoms with Gasteiger partial charge in [-0.05, 0) is 35.0 Å². The van der Waals surface area contributed by atoms with Gasteiger partial charge in [-0.3, -0.25) is 4.84 Å². The second-order valence-electron chi connectivity index (χ2n) is 1.92. The molecule has 0 amide bonds. The molecule has 1 aromatic heterocycles. The summed E-state index contributed by atoms with van der Waals surface area (Å²) in [7, 11) is 0. The minimum absolute atomic E-state index is 0.00343. The average molecular weight is 222 g/mol. The summed E-state index contributed by atoms with van der Waals surface area (Å²) in [4.78, 5) is 5.77. The van der Waals surface area contributed by atoms with Crippen LogP contribution in [0.2, 0.25) is 0 Å². The number of thiophene rings is 1. The maximum Gasteiger partial charge on any atom is 0.110 e. The van der Waals surface area contributed by atoms with Crippen LogP contribution in [-0.4, -0.2) is 0 Å². The summed E-state index contributed by atoms with van der Waals surface area (Å²) in [6.07, 6.45) is -0.00343. The molecule has 1 rings (SSSR count). The fourth-order valence-electron chi connectivity index (χ4n) is 0.614. The van der Waals surface area contributed by atoms with Crippen LogP contribution in [0.3, 0.4) is 0 Å². The fourth-order valence-corrected chi connectivity index (χ4v) is 2.03. The van der Waals surface area contributed by atoms with Crippen LogP contribution in [-0.2, 0) is 4.84 Å². The zero-order valence-electron chi connectivity index (χ0n) is 5.50. The van der Waals surface area contributed by atoms with Gasteiger partial charge < -0.3 is 0 Å². The standard InChI is InChI=1S/C6H8BrNOS/c1-4(9-8)5-2-3-6(7)10-5/h2-4H,8H2,1H3. The van der Waals surface area contributed by atoms with Gasteiger partial charge >= 0.3 is 0 Å². The van der Waals surface area contributed by atoms with Crippen LogP contribution < -0.4 is 5.90 Å². The van der Waals surface area contributed by atoms with Crippen LogP contribution >= 0.6 is 27.3 Å². The summed E-state index contributed by atoms with van der Waals surface area (Å²) in [5, 5.41) is 0. The molecule has 2 N–H and O–H groups in total. The summed E-state index contributed by atoms with van der Waals surface area (Å²) in [5.74, 6) is 5.00. The van der Waals surface area contributed by atoms with Crippen molar-refractivity contribution < 1.29 is 4.84 Å². The molecule has 0 aromatic carbocycles. The van der Waals surface area contributed by atoms with E-state index in [0.717, 1.165) is 8.66 Å². The van der Waals surface area contributed by atoms with Crippen molar-refractivity contribution in [2.45, 2.75) is 13.0 Å². The Balaban J connectivity index is 2.74. The van der Waals surface area contributed by atoms with Crippen LogP contribution in [0.15, 0.2) is 15.9 Å². The highest BCUT2D eigenvalue weighted by atomic mass is 79.9. The average Bonchev–Trinajstić information content (AvgIpc) is 2.34. The van der Waals surface area contributed by atoms with E-state index >= 15 is 0 Å². The van der Waals surface area contributed by atoms with E-state index in [1.165, 1.54) is 0 Å². The van der Waals surface area contributed by atoms with Crippen LogP contribution in [0.4, 0.5) is 0 Å². The molecule has 1 atom stereocenters. The van der Waals surface area contributed by atoms with E-state index < -0.39 is 0 Å². The molecular formula is C6H8BrNOS. The van der Waals surface area contributed by atoms with E-state index in [1.54, 1.807) is 11.3 Å². The summed E-state index contributed by atoms with van der Waals surface area (Å²) in [5.41, 5.74) is 0. The van der Waals surface area contributed by atoms with Gasteiger partial charge in [0.05, 0.1) is 3.79 Å². The van der Waals surface area contributed by atoms with Crippen molar-refractivity contribution in [3.8, 4) is 0 Å². The van der Waals surface area contributed by atoms with Crippen LogP contribution in [0, 0.1) is 0 Å². The molecule has 1 aromatic rings. The third-order valence-electron chi connectivity index (χ3n) is 1.20. The Bertz CT molecular complexity index is 213. The van der Waals surface area contributed by atoms with E-state index in [-0.39, 0.29) is 6.10 Å². The van der Waals surface area contributed by atoms with Gasteiger partial charge in [-0.25, -0.2) is 5.90 Å². The Kier molecular flexibility index (Phi) is 2.85. The SMILES string of the molecule is CC(ON)c1ccc(Br)s1. The van der Waals surface area contributed by atoms with Crippen molar-refractivity contribution in [2.24, 2.45) is 5.90 Å². The topological polar surface area (TPSA) is 35.2 Å². The highest BCUT2D eigenvalue weighted by Gasteiger charge is 2.05. The molecule has 0 radical (unpaired) electrons. The molecule has 0 aliphatic rings. The van der Waals surface area contributed by atoms with Gasteiger partial charge in [-0.15, -0.1) is 11.3 Å². The molecule has 0 saturated carbocycles. The van der Waals surface area contributed by atoms with Gasteiger partial charge in [0, 0.05) is 4.88 Å². The van der Waals surface area contributed by atoms with E-state index in [9.17, 15) is 0 Å². The van der Waals surface area contributed by atoms with E-state index in [4.69, 9.17) is 5.90 Å². The van der Waals surface area contributed by atoms with Crippen molar-refractivity contribution in [1.82, 2.24) is 0 Å². The van der Waals surface area contributed by atoms with Crippen molar-refractivity contribution in [3.05, 3.63) is 20.8 Å². The van der Waals surface area contributed by atoms with Gasteiger partial charge in [0.2, 0.25) is 0 Å². The lowest BCUT2D eigenvalue weighted by Gasteiger charge is -2.03. The Labute approximate surface area is 72.1 Å². The molecule has 0 spiro atoms. The summed E-state index contributed by atoms with van der Waals surface area (Å²) >= 11 is 4.98. The molecule has 4 heteroatoms. The van der Waals surface area contributed by atoms with Crippen LogP contribution in [0.1, 0.15) is 17.9 Å². The Morgan fingerprint density at radius 1 is 1.70 bits per heavy atom. The maximum absolute atomic E-state index is 5.00. The molecular weight excluding hydrogens is 214 g/mol. The van der Waals surface area contributed by atoms with Crippen LogP contribution in [0.5, 0.6) is 0 Å². The highest BCUT2D eigenvalue weighted by Crippen LogP contribution is 2.27. The number of hydrogen-bond donors (Lipinski definition) is 1. The normalized spacial score (nSPS) is 13.5. The van der Waals surface area contributed by atoms with Gasteiger partial charge in [-0.2, -0.15) is 0 Å². The molecule has 10 heavy (non-hydrogen) atoms. The summed E-state index contributed by atoms with van der Waals surface area (Å²) in [6, 6.07) is 3.97. The second kappa shape index (κ2) is 3.48. The van der Waals surface area contributed by atoms with Gasteiger partial charge in [-0.1, -0.05) is 0 Å². The number of hydrogen-bond acceptors (Lipinski definition) is 3.